The summed E-state index contributed by atoms with van der Waals surface area (Å²) in [5.74, 6) is 1.45. The van der Waals surface area contributed by atoms with Crippen LogP contribution in [0.2, 0.25) is 0 Å². The summed E-state index contributed by atoms with van der Waals surface area (Å²) < 4.78 is 5.59. The van der Waals surface area contributed by atoms with Crippen LogP contribution in [0, 0.1) is 18.8 Å². The van der Waals surface area contributed by atoms with Gasteiger partial charge in [0.15, 0.2) is 5.82 Å². The maximum Gasteiger partial charge on any atom is 0.253 e. The average molecular weight is 396 g/mol. The molecule has 1 aromatic heterocycles. The quantitative estimate of drug-likeness (QED) is 0.776. The topological polar surface area (TPSA) is 79.5 Å². The Bertz CT molecular complexity index is 892. The molecule has 0 spiro atoms. The average Bonchev–Trinajstić information content (AvgIpc) is 3.41. The Morgan fingerprint density at radius 2 is 1.79 bits per heavy atom. The number of hydrogen-bond acceptors (Lipinski definition) is 5. The van der Waals surface area contributed by atoms with Crippen molar-refractivity contribution in [2.75, 3.05) is 26.2 Å². The molecule has 3 heterocycles. The van der Waals surface area contributed by atoms with Gasteiger partial charge in [-0.15, -0.1) is 0 Å². The third-order valence-corrected chi connectivity index (χ3v) is 6.52. The third kappa shape index (κ3) is 3.32. The summed E-state index contributed by atoms with van der Waals surface area (Å²) in [5, 5.41) is 3.99. The Morgan fingerprint density at radius 1 is 1.14 bits per heavy atom. The van der Waals surface area contributed by atoms with Gasteiger partial charge < -0.3 is 14.3 Å². The first-order valence-corrected chi connectivity index (χ1v) is 10.4. The van der Waals surface area contributed by atoms with Gasteiger partial charge in [0, 0.05) is 43.6 Å². The van der Waals surface area contributed by atoms with Crippen LogP contribution in [0.5, 0.6) is 0 Å². The van der Waals surface area contributed by atoms with Gasteiger partial charge in [-0.25, -0.2) is 0 Å². The second-order valence-corrected chi connectivity index (χ2v) is 8.28. The summed E-state index contributed by atoms with van der Waals surface area (Å²) in [6, 6.07) is 9.32. The first-order valence-electron chi connectivity index (χ1n) is 10.4. The van der Waals surface area contributed by atoms with E-state index in [2.05, 4.69) is 24.0 Å². The Labute approximate surface area is 171 Å². The van der Waals surface area contributed by atoms with E-state index in [4.69, 9.17) is 4.52 Å². The summed E-state index contributed by atoms with van der Waals surface area (Å²) in [6.07, 6.45) is 1.67. The van der Waals surface area contributed by atoms with Gasteiger partial charge in [-0.05, 0) is 31.9 Å². The predicted octanol–water partition coefficient (Wildman–Crippen LogP) is 2.67. The van der Waals surface area contributed by atoms with E-state index in [0.29, 0.717) is 43.5 Å². The summed E-state index contributed by atoms with van der Waals surface area (Å²) in [5.41, 5.74) is 0.183. The zero-order valence-electron chi connectivity index (χ0n) is 17.3. The number of fused-ring (bicyclic) bond motifs is 1. The van der Waals surface area contributed by atoms with Crippen molar-refractivity contribution in [3.05, 3.63) is 47.6 Å². The molecule has 0 radical (unpaired) electrons. The van der Waals surface area contributed by atoms with E-state index in [0.717, 1.165) is 12.8 Å². The maximum atomic E-state index is 13.1. The lowest BCUT2D eigenvalue weighted by molar-refractivity contribution is -0.135. The van der Waals surface area contributed by atoms with Gasteiger partial charge in [0.1, 0.15) is 0 Å². The molecule has 29 heavy (non-hydrogen) atoms. The number of aryl methyl sites for hydroxylation is 1. The lowest BCUT2D eigenvalue weighted by Crippen LogP contribution is -2.42. The molecular formula is C22H28N4O3. The normalized spacial score (nSPS) is 23.7. The minimum Gasteiger partial charge on any atom is -0.341 e. The molecular weight excluding hydrogens is 368 g/mol. The fraction of sp³-hybridized carbons (Fsp3) is 0.545. The molecule has 2 aromatic rings. The van der Waals surface area contributed by atoms with Crippen LogP contribution in [0.25, 0.3) is 0 Å². The lowest BCUT2D eigenvalue weighted by atomic mass is 9.81. The highest BCUT2D eigenvalue weighted by atomic mass is 16.5. The van der Waals surface area contributed by atoms with Gasteiger partial charge in [0.2, 0.25) is 11.8 Å². The second-order valence-electron chi connectivity index (χ2n) is 8.28. The summed E-state index contributed by atoms with van der Waals surface area (Å²) in [6.45, 7) is 8.12. The number of aromatic nitrogens is 2. The van der Waals surface area contributed by atoms with E-state index in [9.17, 15) is 9.59 Å². The molecule has 7 nitrogen and oxygen atoms in total. The van der Waals surface area contributed by atoms with E-state index >= 15 is 0 Å². The van der Waals surface area contributed by atoms with Gasteiger partial charge in [-0.2, -0.15) is 4.98 Å². The van der Waals surface area contributed by atoms with E-state index in [1.54, 1.807) is 6.92 Å². The van der Waals surface area contributed by atoms with Crippen molar-refractivity contribution in [1.29, 1.82) is 0 Å². The van der Waals surface area contributed by atoms with Gasteiger partial charge in [-0.3, -0.25) is 9.59 Å². The van der Waals surface area contributed by atoms with Crippen molar-refractivity contribution in [3.63, 3.8) is 0 Å². The summed E-state index contributed by atoms with van der Waals surface area (Å²) in [7, 11) is 0. The molecule has 4 rings (SSSR count). The molecule has 1 aromatic carbocycles. The van der Waals surface area contributed by atoms with Crippen molar-refractivity contribution in [2.24, 2.45) is 11.8 Å². The van der Waals surface area contributed by atoms with Gasteiger partial charge in [0.05, 0.1) is 5.41 Å². The maximum absolute atomic E-state index is 13.1. The van der Waals surface area contributed by atoms with Crippen LogP contribution in [-0.4, -0.2) is 57.9 Å². The molecule has 2 amide bonds. The van der Waals surface area contributed by atoms with Gasteiger partial charge >= 0.3 is 0 Å². The predicted molar refractivity (Wildman–Crippen MR) is 107 cm³/mol. The highest BCUT2D eigenvalue weighted by Crippen LogP contribution is 2.45. The van der Waals surface area contributed by atoms with Crippen LogP contribution in [-0.2, 0) is 10.2 Å². The summed E-state index contributed by atoms with van der Waals surface area (Å²) >= 11 is 0. The SMILES string of the molecule is CCC(CC)C(=O)N1C[C@H]2CN(C(=O)c3ccccc3)C[C@@]2(c2nc(C)no2)C1. The smallest absolute Gasteiger partial charge is 0.253 e. The van der Waals surface area contributed by atoms with Crippen molar-refractivity contribution >= 4 is 11.8 Å². The van der Waals surface area contributed by atoms with Crippen molar-refractivity contribution in [1.82, 2.24) is 19.9 Å². The molecule has 0 bridgehead atoms. The Balaban J connectivity index is 1.62. The van der Waals surface area contributed by atoms with Crippen molar-refractivity contribution < 1.29 is 14.1 Å². The molecule has 2 atom stereocenters. The Hall–Kier alpha value is -2.70. The first-order chi connectivity index (χ1) is 14.0. The van der Waals surface area contributed by atoms with E-state index in [1.807, 2.05) is 40.1 Å². The largest absolute Gasteiger partial charge is 0.341 e. The molecule has 0 saturated carbocycles. The van der Waals surface area contributed by atoms with Crippen LogP contribution in [0.15, 0.2) is 34.9 Å². The zero-order valence-corrected chi connectivity index (χ0v) is 17.3. The molecule has 7 heteroatoms. The van der Waals surface area contributed by atoms with Crippen LogP contribution >= 0.6 is 0 Å². The minimum absolute atomic E-state index is 0.00785. The van der Waals surface area contributed by atoms with Gasteiger partial charge in [-0.1, -0.05) is 37.2 Å². The standard InChI is InChI=1S/C22H28N4O3/c1-4-16(5-2)19(27)25-11-18-12-26(20(28)17-9-7-6-8-10-17)14-22(18,13-25)21-23-15(3)24-29-21/h6-10,16,18H,4-5,11-14H2,1-3H3/t18-,22-/m0/s1. The summed E-state index contributed by atoms with van der Waals surface area (Å²) in [4.78, 5) is 34.4. The molecule has 0 unspecified atom stereocenters. The fourth-order valence-electron chi connectivity index (χ4n) is 4.85. The van der Waals surface area contributed by atoms with Crippen LogP contribution in [0.1, 0.15) is 48.8 Å². The van der Waals surface area contributed by atoms with Crippen LogP contribution in [0.4, 0.5) is 0 Å². The van der Waals surface area contributed by atoms with E-state index < -0.39 is 5.41 Å². The fourth-order valence-corrected chi connectivity index (χ4v) is 4.85. The molecule has 154 valence electrons. The van der Waals surface area contributed by atoms with Crippen LogP contribution < -0.4 is 0 Å². The number of amides is 2. The van der Waals surface area contributed by atoms with Gasteiger partial charge in [0.25, 0.3) is 5.91 Å². The highest BCUT2D eigenvalue weighted by Gasteiger charge is 2.59. The monoisotopic (exact) mass is 396 g/mol. The van der Waals surface area contributed by atoms with Crippen LogP contribution in [0.3, 0.4) is 0 Å². The minimum atomic E-state index is -0.493. The molecule has 2 aliphatic heterocycles. The molecule has 0 N–H and O–H groups in total. The van der Waals surface area contributed by atoms with Crippen molar-refractivity contribution in [3.8, 4) is 0 Å². The molecule has 2 fully saturated rings. The van der Waals surface area contributed by atoms with E-state index in [-0.39, 0.29) is 23.7 Å². The molecule has 2 aliphatic rings. The highest BCUT2D eigenvalue weighted by molar-refractivity contribution is 5.94. The second kappa shape index (κ2) is 7.61. The zero-order chi connectivity index (χ0) is 20.6. The third-order valence-electron chi connectivity index (χ3n) is 6.52. The van der Waals surface area contributed by atoms with Crippen molar-refractivity contribution in [2.45, 2.75) is 39.0 Å². The number of carbonyl (C=O) groups is 2. The Kier molecular flexibility index (Phi) is 5.15. The number of carbonyl (C=O) groups excluding carboxylic acids is 2. The number of hydrogen-bond donors (Lipinski definition) is 0. The van der Waals surface area contributed by atoms with E-state index in [1.165, 1.54) is 0 Å². The first kappa shape index (κ1) is 19.6. The Morgan fingerprint density at radius 3 is 2.41 bits per heavy atom. The number of nitrogens with zero attached hydrogens (tertiary/aromatic N) is 4. The number of rotatable bonds is 5. The number of benzene rings is 1. The molecule has 2 saturated heterocycles. The number of likely N-dealkylation sites (tertiary alicyclic amines) is 2. The molecule has 0 aliphatic carbocycles. The lowest BCUT2D eigenvalue weighted by Gasteiger charge is -2.27.